The van der Waals surface area contributed by atoms with Crippen molar-refractivity contribution in [1.29, 1.82) is 0 Å². The first-order chi connectivity index (χ1) is 16.6. The monoisotopic (exact) mass is 467 g/mol. The fourth-order valence-electron chi connectivity index (χ4n) is 4.78. The number of benzene rings is 1. The van der Waals surface area contributed by atoms with Crippen LogP contribution in [-0.2, 0) is 19.9 Å². The molecule has 3 aromatic rings. The Morgan fingerprint density at radius 1 is 1.21 bits per heavy atom. The smallest absolute Gasteiger partial charge is 0.290 e. The first kappa shape index (κ1) is 23.7. The number of imidazole rings is 1. The number of fused-ring (bicyclic) bond motifs is 1. The third-order valence-corrected chi connectivity index (χ3v) is 6.59. The van der Waals surface area contributed by atoms with Crippen LogP contribution in [0.15, 0.2) is 55.1 Å². The van der Waals surface area contributed by atoms with Gasteiger partial charge in [0.2, 0.25) is 5.91 Å². The lowest BCUT2D eigenvalue weighted by Gasteiger charge is -2.47. The normalized spacial score (nSPS) is 23.1. The van der Waals surface area contributed by atoms with Crippen LogP contribution in [0.25, 0.3) is 5.65 Å². The number of hydrogen-bond donors (Lipinski definition) is 3. The van der Waals surface area contributed by atoms with Crippen LogP contribution in [0, 0.1) is 5.92 Å². The van der Waals surface area contributed by atoms with E-state index in [4.69, 9.17) is 14.6 Å². The van der Waals surface area contributed by atoms with Gasteiger partial charge < -0.3 is 25.2 Å². The largest absolute Gasteiger partial charge is 0.483 e. The predicted molar refractivity (Wildman–Crippen MR) is 124 cm³/mol. The summed E-state index contributed by atoms with van der Waals surface area (Å²) in [5.41, 5.74) is 0.866. The van der Waals surface area contributed by atoms with Crippen LogP contribution >= 0.6 is 0 Å². The summed E-state index contributed by atoms with van der Waals surface area (Å²) in [6, 6.07) is 9.83. The summed E-state index contributed by atoms with van der Waals surface area (Å²) < 4.78 is 7.38. The second-order valence-corrected chi connectivity index (χ2v) is 8.45. The number of piperidine rings is 1. The summed E-state index contributed by atoms with van der Waals surface area (Å²) in [6.45, 7) is 2.00. The number of carbonyl (C=O) groups is 2. The number of anilines is 1. The molecule has 1 aromatic carbocycles. The molecule has 1 amide bonds. The molecule has 2 atom stereocenters. The predicted octanol–water partition coefficient (Wildman–Crippen LogP) is 1.44. The molecule has 10 heteroatoms. The van der Waals surface area contributed by atoms with Crippen LogP contribution in [0.3, 0.4) is 0 Å². The van der Waals surface area contributed by atoms with Gasteiger partial charge in [-0.2, -0.15) is 0 Å². The van der Waals surface area contributed by atoms with Gasteiger partial charge in [0.1, 0.15) is 5.82 Å². The highest BCUT2D eigenvalue weighted by atomic mass is 16.5. The van der Waals surface area contributed by atoms with E-state index in [9.17, 15) is 9.90 Å². The van der Waals surface area contributed by atoms with E-state index in [0.717, 1.165) is 17.0 Å². The minimum absolute atomic E-state index is 0.00182. The molecule has 0 aliphatic carbocycles. The summed E-state index contributed by atoms with van der Waals surface area (Å²) in [6.07, 6.45) is 8.36. The molecule has 10 nitrogen and oxygen atoms in total. The Hall–Kier alpha value is -3.50. The number of aliphatic hydroxyl groups is 1. The molecule has 34 heavy (non-hydrogen) atoms. The van der Waals surface area contributed by atoms with E-state index in [0.29, 0.717) is 45.6 Å². The number of nitrogens with one attached hydrogen (secondary N) is 1. The van der Waals surface area contributed by atoms with E-state index in [-0.39, 0.29) is 18.3 Å². The molecule has 0 saturated carbocycles. The zero-order chi connectivity index (χ0) is 24.0. The van der Waals surface area contributed by atoms with Gasteiger partial charge in [-0.25, -0.2) is 4.98 Å². The summed E-state index contributed by atoms with van der Waals surface area (Å²) in [7, 11) is 0. The number of amides is 1. The Bertz CT molecular complexity index is 1100. The van der Waals surface area contributed by atoms with E-state index in [1.165, 1.54) is 0 Å². The number of hydrogen-bond acceptors (Lipinski definition) is 7. The third-order valence-electron chi connectivity index (χ3n) is 6.59. The van der Waals surface area contributed by atoms with Gasteiger partial charge in [0.05, 0.1) is 24.0 Å². The molecule has 2 aliphatic heterocycles. The maximum atomic E-state index is 13.2. The number of β-amino-alcohol motifs (C(OH)–C–C–N with tert-alkyl or cyclic N) is 1. The van der Waals surface area contributed by atoms with Crippen LogP contribution in [-0.4, -0.2) is 69.4 Å². The number of carboxylic acid groups (broad SMARTS) is 1. The lowest BCUT2D eigenvalue weighted by molar-refractivity contribution is -0.132. The fraction of sp³-hybridized carbons (Fsp3) is 0.417. The van der Waals surface area contributed by atoms with Crippen LogP contribution < -0.4 is 10.2 Å². The summed E-state index contributed by atoms with van der Waals surface area (Å²) in [5.74, 6) is 0.799. The number of nitrogens with zero attached hydrogens (tertiary/aromatic N) is 4. The molecule has 0 spiro atoms. The Morgan fingerprint density at radius 3 is 2.65 bits per heavy atom. The molecule has 3 N–H and O–H groups in total. The average molecular weight is 468 g/mol. The second-order valence-electron chi connectivity index (χ2n) is 8.45. The van der Waals surface area contributed by atoms with Gasteiger partial charge in [-0.3, -0.25) is 19.0 Å². The van der Waals surface area contributed by atoms with Gasteiger partial charge in [-0.15, -0.1) is 0 Å². The molecule has 0 bridgehead atoms. The number of rotatable bonds is 4. The highest BCUT2D eigenvalue weighted by Gasteiger charge is 2.46. The van der Waals surface area contributed by atoms with Gasteiger partial charge in [0.15, 0.2) is 5.65 Å². The number of ether oxygens (including phenoxy) is 1. The van der Waals surface area contributed by atoms with Crippen molar-refractivity contribution in [2.24, 2.45) is 5.92 Å². The van der Waals surface area contributed by atoms with Crippen molar-refractivity contribution in [2.75, 3.05) is 31.2 Å². The van der Waals surface area contributed by atoms with Crippen molar-refractivity contribution in [3.05, 3.63) is 60.7 Å². The standard InChI is InChI=1S/C23H27N5O3.CH2O2/c29-19-16-27(21-15-24-14-20-25-9-11-28(20)21)10-8-23(19,18-4-2-1-3-5-18)26-22(30)17-6-12-31-13-7-17;2-1-3/h1-5,9,11,14-15,17,19,29H,6-8,10,12-13,16H2,(H,26,30);1H,(H,2,3)/t19-,23+;/m1./s1. The van der Waals surface area contributed by atoms with Crippen LogP contribution in [0.1, 0.15) is 24.8 Å². The van der Waals surface area contributed by atoms with Crippen LogP contribution in [0.2, 0.25) is 0 Å². The van der Waals surface area contributed by atoms with Crippen molar-refractivity contribution in [3.8, 4) is 0 Å². The lowest BCUT2D eigenvalue weighted by atomic mass is 9.78. The molecule has 180 valence electrons. The van der Waals surface area contributed by atoms with Crippen molar-refractivity contribution in [3.63, 3.8) is 0 Å². The minimum Gasteiger partial charge on any atom is -0.483 e. The van der Waals surface area contributed by atoms with Crippen molar-refractivity contribution in [2.45, 2.75) is 30.9 Å². The Kier molecular flexibility index (Phi) is 7.39. The van der Waals surface area contributed by atoms with Gasteiger partial charge in [0, 0.05) is 44.6 Å². The minimum atomic E-state index is -0.830. The molecular weight excluding hydrogens is 438 g/mol. The second kappa shape index (κ2) is 10.6. The van der Waals surface area contributed by atoms with Gasteiger partial charge in [-0.1, -0.05) is 30.3 Å². The van der Waals surface area contributed by atoms with Crippen molar-refractivity contribution in [1.82, 2.24) is 19.7 Å². The topological polar surface area (TPSA) is 129 Å². The Morgan fingerprint density at radius 2 is 1.94 bits per heavy atom. The number of aliphatic hydroxyl groups excluding tert-OH is 1. The molecule has 4 heterocycles. The summed E-state index contributed by atoms with van der Waals surface area (Å²) in [5, 5.41) is 21.6. The molecule has 0 radical (unpaired) electrons. The lowest BCUT2D eigenvalue weighted by Crippen LogP contribution is -2.63. The zero-order valence-corrected chi connectivity index (χ0v) is 18.8. The number of aromatic nitrogens is 3. The summed E-state index contributed by atoms with van der Waals surface area (Å²) >= 11 is 0. The molecule has 5 rings (SSSR count). The van der Waals surface area contributed by atoms with Crippen LogP contribution in [0.5, 0.6) is 0 Å². The highest BCUT2D eigenvalue weighted by Crippen LogP contribution is 2.36. The number of carbonyl (C=O) groups excluding carboxylic acids is 1. The summed E-state index contributed by atoms with van der Waals surface area (Å²) in [4.78, 5) is 32.2. The molecule has 2 fully saturated rings. The Labute approximate surface area is 197 Å². The molecule has 2 aromatic heterocycles. The highest BCUT2D eigenvalue weighted by molar-refractivity contribution is 5.80. The molecule has 0 unspecified atom stereocenters. The van der Waals surface area contributed by atoms with E-state index >= 15 is 0 Å². The van der Waals surface area contributed by atoms with Gasteiger partial charge in [0.25, 0.3) is 6.47 Å². The van der Waals surface area contributed by atoms with E-state index in [1.807, 2.05) is 40.9 Å². The van der Waals surface area contributed by atoms with Gasteiger partial charge >= 0.3 is 0 Å². The van der Waals surface area contributed by atoms with E-state index < -0.39 is 11.6 Å². The average Bonchev–Trinajstić information content (AvgIpc) is 3.36. The molecule has 2 saturated heterocycles. The molecular formula is C24H29N5O5. The van der Waals surface area contributed by atoms with Crippen LogP contribution in [0.4, 0.5) is 5.82 Å². The van der Waals surface area contributed by atoms with E-state index in [1.54, 1.807) is 18.6 Å². The quantitative estimate of drug-likeness (QED) is 0.492. The van der Waals surface area contributed by atoms with Gasteiger partial charge in [-0.05, 0) is 24.8 Å². The third kappa shape index (κ3) is 4.73. The maximum Gasteiger partial charge on any atom is 0.290 e. The first-order valence-corrected chi connectivity index (χ1v) is 11.3. The first-order valence-electron chi connectivity index (χ1n) is 11.3. The van der Waals surface area contributed by atoms with E-state index in [2.05, 4.69) is 20.2 Å². The molecule has 2 aliphatic rings. The zero-order valence-electron chi connectivity index (χ0n) is 18.8. The van der Waals surface area contributed by atoms with Crippen molar-refractivity contribution >= 4 is 23.8 Å². The fourth-order valence-corrected chi connectivity index (χ4v) is 4.78. The maximum absolute atomic E-state index is 13.2. The Balaban J connectivity index is 0.000000868. The van der Waals surface area contributed by atoms with Crippen molar-refractivity contribution < 1.29 is 24.5 Å². The SMILES string of the molecule is O=C(N[C@]1(c2ccccc2)CCN(c2cncc3nccn23)C[C@H]1O)C1CCOCC1.O=CO.